The zero-order valence-corrected chi connectivity index (χ0v) is 11.2. The monoisotopic (exact) mass is 271 g/mol. The summed E-state index contributed by atoms with van der Waals surface area (Å²) in [5.41, 5.74) is 0.923. The molecule has 1 fully saturated rings. The van der Waals surface area contributed by atoms with Gasteiger partial charge < -0.3 is 4.74 Å². The maximum atomic E-state index is 12.3. The van der Waals surface area contributed by atoms with Crippen LogP contribution in [0.4, 0.5) is 0 Å². The number of benzene rings is 1. The summed E-state index contributed by atoms with van der Waals surface area (Å²) in [6.45, 7) is 0. The average Bonchev–Trinajstić information content (AvgIpc) is 3.04. The number of carbonyl (C=O) groups is 1. The van der Waals surface area contributed by atoms with E-state index in [9.17, 15) is 4.79 Å². The lowest BCUT2D eigenvalue weighted by atomic mass is 9.99. The van der Waals surface area contributed by atoms with Gasteiger partial charge in [-0.3, -0.25) is 4.79 Å². The number of ketones is 1. The van der Waals surface area contributed by atoms with Crippen molar-refractivity contribution in [2.45, 2.75) is 19.3 Å². The van der Waals surface area contributed by atoms with Gasteiger partial charge >= 0.3 is 0 Å². The highest BCUT2D eigenvalue weighted by molar-refractivity contribution is 8.02. The normalized spacial score (nSPS) is 28.8. The first-order chi connectivity index (χ1) is 9.34. The van der Waals surface area contributed by atoms with Gasteiger partial charge in [0.05, 0.1) is 4.91 Å². The molecule has 3 nitrogen and oxygen atoms in total. The van der Waals surface area contributed by atoms with Gasteiger partial charge in [0.1, 0.15) is 0 Å². The van der Waals surface area contributed by atoms with Crippen LogP contribution in [0.3, 0.4) is 0 Å². The predicted molar refractivity (Wildman–Crippen MR) is 74.5 cm³/mol. The molecule has 4 rings (SSSR count). The van der Waals surface area contributed by atoms with Crippen LogP contribution < -0.4 is 0 Å². The number of nitrogens with zero attached hydrogens (tertiary/aromatic N) is 1. The smallest absolute Gasteiger partial charge is 0.233 e. The van der Waals surface area contributed by atoms with Crippen molar-refractivity contribution in [2.75, 3.05) is 0 Å². The first-order valence-electron chi connectivity index (χ1n) is 6.61. The van der Waals surface area contributed by atoms with Crippen molar-refractivity contribution in [3.8, 4) is 0 Å². The Kier molecular flexibility index (Phi) is 2.52. The highest BCUT2D eigenvalue weighted by Crippen LogP contribution is 2.51. The van der Waals surface area contributed by atoms with Crippen molar-refractivity contribution < 1.29 is 9.53 Å². The quantitative estimate of drug-likeness (QED) is 0.735. The van der Waals surface area contributed by atoms with Crippen LogP contribution in [0.25, 0.3) is 0 Å². The third-order valence-electron chi connectivity index (χ3n) is 4.08. The Morgan fingerprint density at radius 2 is 1.95 bits per heavy atom. The molecule has 2 atom stereocenters. The minimum absolute atomic E-state index is 0.155. The lowest BCUT2D eigenvalue weighted by Crippen LogP contribution is -2.16. The van der Waals surface area contributed by atoms with Crippen molar-refractivity contribution in [1.29, 1.82) is 0 Å². The molecule has 1 aliphatic heterocycles. The predicted octanol–water partition coefficient (Wildman–Crippen LogP) is 3.32. The van der Waals surface area contributed by atoms with Crippen LogP contribution in [-0.2, 0) is 9.53 Å². The Hall–Kier alpha value is -1.55. The van der Waals surface area contributed by atoms with E-state index in [2.05, 4.69) is 4.40 Å². The van der Waals surface area contributed by atoms with E-state index >= 15 is 0 Å². The zero-order chi connectivity index (χ0) is 12.8. The van der Waals surface area contributed by atoms with Crippen molar-refractivity contribution in [2.24, 2.45) is 16.2 Å². The number of rotatable bonds is 1. The second-order valence-electron chi connectivity index (χ2n) is 5.16. The number of hydrogen-bond acceptors (Lipinski definition) is 4. The summed E-state index contributed by atoms with van der Waals surface area (Å²) < 4.78 is 10.2. The van der Waals surface area contributed by atoms with Crippen LogP contribution in [0.2, 0.25) is 0 Å². The maximum absolute atomic E-state index is 12.3. The molecule has 0 N–H and O–H groups in total. The van der Waals surface area contributed by atoms with Crippen LogP contribution in [-0.4, -0.2) is 11.7 Å². The van der Waals surface area contributed by atoms with Crippen LogP contribution in [0, 0.1) is 11.8 Å². The molecule has 2 unspecified atom stereocenters. The molecule has 4 heteroatoms. The lowest BCUT2D eigenvalue weighted by molar-refractivity contribution is -0.120. The second kappa shape index (κ2) is 4.23. The summed E-state index contributed by atoms with van der Waals surface area (Å²) >= 11 is 1.44. The molecule has 2 aliphatic carbocycles. The highest BCUT2D eigenvalue weighted by Gasteiger charge is 2.47. The molecule has 19 heavy (non-hydrogen) atoms. The van der Waals surface area contributed by atoms with Gasteiger partial charge in [0, 0.05) is 29.3 Å². The average molecular weight is 271 g/mol. The molecule has 1 aromatic rings. The van der Waals surface area contributed by atoms with Crippen LogP contribution in [0.5, 0.6) is 0 Å². The number of fused-ring (bicyclic) bond motifs is 2. The van der Waals surface area contributed by atoms with Crippen molar-refractivity contribution in [3.63, 3.8) is 0 Å². The minimum Gasteiger partial charge on any atom is -0.433 e. The Morgan fingerprint density at radius 1 is 1.16 bits per heavy atom. The van der Waals surface area contributed by atoms with E-state index < -0.39 is 0 Å². The zero-order valence-electron chi connectivity index (χ0n) is 10.3. The van der Waals surface area contributed by atoms with Gasteiger partial charge in [0.2, 0.25) is 11.7 Å². The molecule has 3 aliphatic rings. The van der Waals surface area contributed by atoms with E-state index in [1.807, 2.05) is 30.3 Å². The van der Waals surface area contributed by atoms with E-state index in [0.717, 1.165) is 29.7 Å². The number of carbonyl (C=O) groups excluding carboxylic acids is 1. The SMILES string of the molecule is O=C1C2=C(SN=C(c3ccccc3)O2)C2CCCC12. The topological polar surface area (TPSA) is 38.7 Å². The fourth-order valence-electron chi connectivity index (χ4n) is 3.15. The molecule has 0 spiro atoms. The Balaban J connectivity index is 1.66. The largest absolute Gasteiger partial charge is 0.433 e. The van der Waals surface area contributed by atoms with E-state index in [1.165, 1.54) is 11.9 Å². The van der Waals surface area contributed by atoms with Gasteiger partial charge in [-0.2, -0.15) is 4.40 Å². The first kappa shape index (κ1) is 11.3. The minimum atomic E-state index is 0.155. The van der Waals surface area contributed by atoms with E-state index in [4.69, 9.17) is 4.74 Å². The van der Waals surface area contributed by atoms with Crippen molar-refractivity contribution in [3.05, 3.63) is 46.6 Å². The number of hydrogen-bond donors (Lipinski definition) is 0. The molecule has 0 saturated heterocycles. The van der Waals surface area contributed by atoms with Crippen LogP contribution >= 0.6 is 11.9 Å². The summed E-state index contributed by atoms with van der Waals surface area (Å²) in [5, 5.41) is 0. The Labute approximate surface area is 115 Å². The van der Waals surface area contributed by atoms with Gasteiger partial charge in [-0.25, -0.2) is 0 Å². The molecule has 0 aromatic heterocycles. The van der Waals surface area contributed by atoms with E-state index in [-0.39, 0.29) is 11.7 Å². The van der Waals surface area contributed by atoms with E-state index in [0.29, 0.717) is 17.6 Å². The molecular formula is C15H13NO2S. The maximum Gasteiger partial charge on any atom is 0.233 e. The fraction of sp³-hybridized carbons (Fsp3) is 0.333. The molecule has 1 aromatic carbocycles. The van der Waals surface area contributed by atoms with Gasteiger partial charge in [-0.1, -0.05) is 24.6 Å². The van der Waals surface area contributed by atoms with Crippen LogP contribution in [0.1, 0.15) is 24.8 Å². The summed E-state index contributed by atoms with van der Waals surface area (Å²) in [5.74, 6) is 1.83. The van der Waals surface area contributed by atoms with Gasteiger partial charge in [0.25, 0.3) is 0 Å². The molecule has 96 valence electrons. The number of allylic oxidation sites excluding steroid dienone is 2. The lowest BCUT2D eigenvalue weighted by Gasteiger charge is -2.16. The van der Waals surface area contributed by atoms with Gasteiger partial charge in [-0.05, 0) is 25.0 Å². The molecule has 0 amide bonds. The highest BCUT2D eigenvalue weighted by atomic mass is 32.2. The standard InChI is InChI=1S/C15H13NO2S/c17-12-10-7-4-8-11(10)14-13(12)18-15(16-19-14)9-5-2-1-3-6-9/h1-3,5-6,10-11H,4,7-8H2. The van der Waals surface area contributed by atoms with Crippen molar-refractivity contribution in [1.82, 2.24) is 0 Å². The molecule has 0 bridgehead atoms. The van der Waals surface area contributed by atoms with Gasteiger partial charge in [0.15, 0.2) is 5.76 Å². The van der Waals surface area contributed by atoms with Gasteiger partial charge in [-0.15, -0.1) is 0 Å². The first-order valence-corrected chi connectivity index (χ1v) is 7.38. The summed E-state index contributed by atoms with van der Waals surface area (Å²) in [6, 6.07) is 9.74. The molecule has 0 radical (unpaired) electrons. The fourth-order valence-corrected chi connectivity index (χ4v) is 4.12. The Bertz CT molecular complexity index is 606. The summed E-state index contributed by atoms with van der Waals surface area (Å²) in [7, 11) is 0. The van der Waals surface area contributed by atoms with Crippen molar-refractivity contribution >= 4 is 23.6 Å². The third kappa shape index (κ3) is 1.66. The number of Topliss-reactive ketones (excluding diaryl/α,β-unsaturated/α-hetero) is 1. The summed E-state index contributed by atoms with van der Waals surface area (Å²) in [6.07, 6.45) is 3.25. The third-order valence-corrected chi connectivity index (χ3v) is 5.03. The van der Waals surface area contributed by atoms with E-state index in [1.54, 1.807) is 0 Å². The second-order valence-corrected chi connectivity index (χ2v) is 5.96. The van der Waals surface area contributed by atoms with Crippen LogP contribution in [0.15, 0.2) is 45.4 Å². The molecular weight excluding hydrogens is 258 g/mol. The summed E-state index contributed by atoms with van der Waals surface area (Å²) in [4.78, 5) is 13.4. The number of ether oxygens (including phenoxy) is 1. The molecule has 1 saturated carbocycles. The Morgan fingerprint density at radius 3 is 2.79 bits per heavy atom. The molecule has 1 heterocycles.